The summed E-state index contributed by atoms with van der Waals surface area (Å²) in [5, 5.41) is 0. The van der Waals surface area contributed by atoms with Gasteiger partial charge in [-0.3, -0.25) is 9.59 Å². The van der Waals surface area contributed by atoms with Gasteiger partial charge < -0.3 is 14.5 Å². The van der Waals surface area contributed by atoms with Crippen LogP contribution in [-0.4, -0.2) is 49.3 Å². The number of rotatable bonds is 6. The highest BCUT2D eigenvalue weighted by Crippen LogP contribution is 2.15. The van der Waals surface area contributed by atoms with Crippen molar-refractivity contribution in [2.24, 2.45) is 0 Å². The summed E-state index contributed by atoms with van der Waals surface area (Å²) < 4.78 is 5.70. The molecule has 24 heavy (non-hydrogen) atoms. The van der Waals surface area contributed by atoms with E-state index in [2.05, 4.69) is 0 Å². The highest BCUT2D eigenvalue weighted by Gasteiger charge is 2.15. The summed E-state index contributed by atoms with van der Waals surface area (Å²) in [7, 11) is 4.95. The van der Waals surface area contributed by atoms with Crippen molar-refractivity contribution < 1.29 is 14.3 Å². The van der Waals surface area contributed by atoms with Crippen LogP contribution < -0.4 is 4.74 Å². The summed E-state index contributed by atoms with van der Waals surface area (Å²) in [5.41, 5.74) is 1.61. The summed E-state index contributed by atoms with van der Waals surface area (Å²) in [6.45, 7) is 0.531. The molecule has 0 saturated heterocycles. The molecule has 0 aliphatic carbocycles. The molecule has 0 unspecified atom stereocenters. The highest BCUT2D eigenvalue weighted by atomic mass is 16.5. The molecule has 0 aromatic heterocycles. The van der Waals surface area contributed by atoms with Crippen molar-refractivity contribution in [3.63, 3.8) is 0 Å². The summed E-state index contributed by atoms with van der Waals surface area (Å²) in [5.74, 6) is 0.385. The van der Waals surface area contributed by atoms with Crippen LogP contribution in [0.4, 0.5) is 0 Å². The van der Waals surface area contributed by atoms with E-state index >= 15 is 0 Å². The molecule has 0 heterocycles. The lowest BCUT2D eigenvalue weighted by atomic mass is 10.2. The van der Waals surface area contributed by atoms with Crippen LogP contribution in [0.15, 0.2) is 54.6 Å². The maximum atomic E-state index is 12.3. The van der Waals surface area contributed by atoms with Gasteiger partial charge in [-0.05, 0) is 29.8 Å². The number of benzene rings is 2. The molecule has 0 radical (unpaired) electrons. The topological polar surface area (TPSA) is 49.9 Å². The van der Waals surface area contributed by atoms with Gasteiger partial charge in [0.25, 0.3) is 5.91 Å². The van der Waals surface area contributed by atoms with Crippen molar-refractivity contribution in [2.75, 3.05) is 27.7 Å². The Bertz CT molecular complexity index is 682. The molecule has 0 atom stereocenters. The lowest BCUT2D eigenvalue weighted by molar-refractivity contribution is -0.129. The van der Waals surface area contributed by atoms with Gasteiger partial charge in [-0.2, -0.15) is 0 Å². The average molecular weight is 326 g/mol. The average Bonchev–Trinajstić information content (AvgIpc) is 2.60. The monoisotopic (exact) mass is 326 g/mol. The minimum atomic E-state index is -0.195. The molecule has 0 spiro atoms. The van der Waals surface area contributed by atoms with Gasteiger partial charge in [0.1, 0.15) is 12.4 Å². The maximum Gasteiger partial charge on any atom is 0.254 e. The third kappa shape index (κ3) is 4.84. The second-order valence-electron chi connectivity index (χ2n) is 5.75. The number of nitrogens with zero attached hydrogens (tertiary/aromatic N) is 2. The number of hydrogen-bond donors (Lipinski definition) is 0. The summed E-state index contributed by atoms with van der Waals surface area (Å²) in [4.78, 5) is 26.9. The quantitative estimate of drug-likeness (QED) is 0.819. The minimum absolute atomic E-state index is 0.0537. The number of ether oxygens (including phenoxy) is 1. The van der Waals surface area contributed by atoms with E-state index in [1.54, 1.807) is 45.4 Å². The molecular formula is C19H22N2O3. The summed E-state index contributed by atoms with van der Waals surface area (Å²) >= 11 is 0. The first-order valence-electron chi connectivity index (χ1n) is 7.70. The lowest BCUT2D eigenvalue weighted by Gasteiger charge is -2.19. The first-order chi connectivity index (χ1) is 11.5. The van der Waals surface area contributed by atoms with Crippen LogP contribution in [-0.2, 0) is 11.4 Å². The van der Waals surface area contributed by atoms with Crippen molar-refractivity contribution in [1.29, 1.82) is 0 Å². The molecule has 0 aliphatic rings. The Morgan fingerprint density at radius 2 is 1.54 bits per heavy atom. The number of hydrogen-bond acceptors (Lipinski definition) is 3. The van der Waals surface area contributed by atoms with E-state index in [4.69, 9.17) is 4.74 Å². The zero-order chi connectivity index (χ0) is 17.5. The fraction of sp³-hybridized carbons (Fsp3) is 0.263. The van der Waals surface area contributed by atoms with E-state index in [0.717, 1.165) is 5.56 Å². The SMILES string of the molecule is CN(C)C(=O)CN(C)C(=O)c1ccc(OCc2ccccc2)cc1. The van der Waals surface area contributed by atoms with E-state index < -0.39 is 0 Å². The van der Waals surface area contributed by atoms with Gasteiger partial charge in [-0.25, -0.2) is 0 Å². The van der Waals surface area contributed by atoms with Gasteiger partial charge in [0.05, 0.1) is 6.54 Å². The molecule has 2 aromatic rings. The van der Waals surface area contributed by atoms with Gasteiger partial charge in [-0.15, -0.1) is 0 Å². The van der Waals surface area contributed by atoms with Gasteiger partial charge in [0, 0.05) is 26.7 Å². The number of carbonyl (C=O) groups is 2. The Kier molecular flexibility index (Phi) is 5.95. The zero-order valence-electron chi connectivity index (χ0n) is 14.2. The Hall–Kier alpha value is -2.82. The highest BCUT2D eigenvalue weighted by molar-refractivity contribution is 5.96. The minimum Gasteiger partial charge on any atom is -0.489 e. The number of amides is 2. The first-order valence-corrected chi connectivity index (χ1v) is 7.70. The Labute approximate surface area is 142 Å². The molecule has 5 nitrogen and oxygen atoms in total. The van der Waals surface area contributed by atoms with Crippen LogP contribution in [0, 0.1) is 0 Å². The lowest BCUT2D eigenvalue weighted by Crippen LogP contribution is -2.37. The Balaban J connectivity index is 1.93. The zero-order valence-corrected chi connectivity index (χ0v) is 14.2. The molecule has 0 N–H and O–H groups in total. The van der Waals surface area contributed by atoms with E-state index in [1.165, 1.54) is 9.80 Å². The van der Waals surface area contributed by atoms with Gasteiger partial charge in [0.15, 0.2) is 0 Å². The standard InChI is InChI=1S/C19H22N2O3/c1-20(2)18(22)13-21(3)19(23)16-9-11-17(12-10-16)24-14-15-7-5-4-6-8-15/h4-12H,13-14H2,1-3H3. The van der Waals surface area contributed by atoms with E-state index in [1.807, 2.05) is 30.3 Å². The van der Waals surface area contributed by atoms with E-state index in [9.17, 15) is 9.59 Å². The van der Waals surface area contributed by atoms with Crippen molar-refractivity contribution in [2.45, 2.75) is 6.61 Å². The third-order valence-corrected chi connectivity index (χ3v) is 3.57. The normalized spacial score (nSPS) is 10.1. The predicted octanol–water partition coefficient (Wildman–Crippen LogP) is 2.43. The van der Waals surface area contributed by atoms with Crippen LogP contribution in [0.1, 0.15) is 15.9 Å². The first kappa shape index (κ1) is 17.5. The molecule has 126 valence electrons. The van der Waals surface area contributed by atoms with Crippen molar-refractivity contribution in [1.82, 2.24) is 9.80 Å². The smallest absolute Gasteiger partial charge is 0.254 e. The Morgan fingerprint density at radius 3 is 2.12 bits per heavy atom. The Morgan fingerprint density at radius 1 is 0.917 bits per heavy atom. The maximum absolute atomic E-state index is 12.3. The molecule has 0 fully saturated rings. The van der Waals surface area contributed by atoms with Gasteiger partial charge in [0.2, 0.25) is 5.91 Å². The van der Waals surface area contributed by atoms with Crippen LogP contribution >= 0.6 is 0 Å². The fourth-order valence-electron chi connectivity index (χ4n) is 2.07. The predicted molar refractivity (Wildman–Crippen MR) is 92.9 cm³/mol. The molecule has 2 rings (SSSR count). The van der Waals surface area contributed by atoms with Gasteiger partial charge in [-0.1, -0.05) is 30.3 Å². The number of likely N-dealkylation sites (N-methyl/N-ethyl adjacent to an activating group) is 2. The summed E-state index contributed by atoms with van der Waals surface area (Å²) in [6, 6.07) is 16.8. The second kappa shape index (κ2) is 8.15. The molecule has 5 heteroatoms. The van der Waals surface area contributed by atoms with Crippen molar-refractivity contribution in [3.05, 3.63) is 65.7 Å². The molecule has 0 aliphatic heterocycles. The van der Waals surface area contributed by atoms with Crippen LogP contribution in [0.25, 0.3) is 0 Å². The molecule has 0 bridgehead atoms. The second-order valence-corrected chi connectivity index (χ2v) is 5.75. The molecule has 2 amide bonds. The number of carbonyl (C=O) groups excluding carboxylic acids is 2. The van der Waals surface area contributed by atoms with Crippen molar-refractivity contribution >= 4 is 11.8 Å². The molecule has 0 saturated carbocycles. The molecular weight excluding hydrogens is 304 g/mol. The molecule has 2 aromatic carbocycles. The third-order valence-electron chi connectivity index (χ3n) is 3.57. The van der Waals surface area contributed by atoms with E-state index in [-0.39, 0.29) is 18.4 Å². The van der Waals surface area contributed by atoms with Crippen LogP contribution in [0.5, 0.6) is 5.75 Å². The fourth-order valence-corrected chi connectivity index (χ4v) is 2.07. The van der Waals surface area contributed by atoms with Crippen molar-refractivity contribution in [3.8, 4) is 5.75 Å². The van der Waals surface area contributed by atoms with Gasteiger partial charge >= 0.3 is 0 Å². The van der Waals surface area contributed by atoms with Crippen LogP contribution in [0.3, 0.4) is 0 Å². The largest absolute Gasteiger partial charge is 0.489 e. The van der Waals surface area contributed by atoms with Crippen LogP contribution in [0.2, 0.25) is 0 Å². The van der Waals surface area contributed by atoms with E-state index in [0.29, 0.717) is 17.9 Å². The summed E-state index contributed by atoms with van der Waals surface area (Å²) in [6.07, 6.45) is 0.